The first-order valence-electron chi connectivity index (χ1n) is 14.3. The first kappa shape index (κ1) is 30.3. The highest BCUT2D eigenvalue weighted by Crippen LogP contribution is 2.59. The summed E-state index contributed by atoms with van der Waals surface area (Å²) in [6.45, 7) is 4.36. The van der Waals surface area contributed by atoms with E-state index in [9.17, 15) is 14.7 Å². The Morgan fingerprint density at radius 3 is 2.40 bits per heavy atom. The van der Waals surface area contributed by atoms with Crippen LogP contribution in [0.25, 0.3) is 0 Å². The van der Waals surface area contributed by atoms with Crippen molar-refractivity contribution in [2.24, 2.45) is 5.92 Å². The molecule has 1 aliphatic carbocycles. The Bertz CT molecular complexity index is 1810. The first-order chi connectivity index (χ1) is 21.8. The summed E-state index contributed by atoms with van der Waals surface area (Å²) in [5.74, 6) is -1.50. The number of hydrogen-bond acceptors (Lipinski definition) is 6. The number of carbonyl (C=O) groups is 2. The van der Waals surface area contributed by atoms with E-state index in [0.29, 0.717) is 45.5 Å². The largest absolute Gasteiger partial charge is 0.508 e. The number of nitrogens with one attached hydrogen (secondary N) is 1. The quantitative estimate of drug-likeness (QED) is 0.181. The van der Waals surface area contributed by atoms with Crippen molar-refractivity contribution in [2.45, 2.75) is 24.4 Å². The van der Waals surface area contributed by atoms with Gasteiger partial charge in [-0.2, -0.15) is 5.01 Å². The third-order valence-electron chi connectivity index (χ3n) is 8.53. The second kappa shape index (κ2) is 12.3. The molecule has 4 aromatic carbocycles. The van der Waals surface area contributed by atoms with Crippen molar-refractivity contribution >= 4 is 40.7 Å². The van der Waals surface area contributed by atoms with Crippen LogP contribution in [0.15, 0.2) is 115 Å². The van der Waals surface area contributed by atoms with Gasteiger partial charge in [0.15, 0.2) is 0 Å². The van der Waals surface area contributed by atoms with E-state index in [1.54, 1.807) is 61.7 Å². The number of halogens is 2. The normalized spacial score (nSPS) is 20.8. The molecule has 4 aromatic rings. The molecule has 1 fully saturated rings. The van der Waals surface area contributed by atoms with Gasteiger partial charge in [-0.1, -0.05) is 90.5 Å². The van der Waals surface area contributed by atoms with E-state index in [0.717, 1.165) is 10.6 Å². The minimum atomic E-state index is -1.45. The summed E-state index contributed by atoms with van der Waals surface area (Å²) in [7, 11) is 1.56. The molecule has 0 aromatic heterocycles. The van der Waals surface area contributed by atoms with Gasteiger partial charge in [-0.3, -0.25) is 15.0 Å². The van der Waals surface area contributed by atoms with Crippen molar-refractivity contribution in [3.05, 3.63) is 142 Å². The number of hydrazine groups is 1. The Hall–Kier alpha value is -4.72. The van der Waals surface area contributed by atoms with E-state index in [4.69, 9.17) is 32.7 Å². The van der Waals surface area contributed by atoms with Crippen LogP contribution in [-0.2, 0) is 21.6 Å². The van der Waals surface area contributed by atoms with Crippen LogP contribution in [0, 0.1) is 5.92 Å². The number of hydrogen-bond donors (Lipinski definition) is 2. The fourth-order valence-electron chi connectivity index (χ4n) is 6.42. The summed E-state index contributed by atoms with van der Waals surface area (Å²) in [4.78, 5) is 29.0. The molecule has 2 amide bonds. The van der Waals surface area contributed by atoms with Gasteiger partial charge in [-0.15, -0.1) is 0 Å². The highest BCUT2D eigenvalue weighted by molar-refractivity contribution is 6.36. The summed E-state index contributed by atoms with van der Waals surface area (Å²) in [6, 6.07) is 26.6. The zero-order valence-corrected chi connectivity index (χ0v) is 25.9. The zero-order chi connectivity index (χ0) is 31.7. The molecular formula is C36H30Cl2N2O5. The number of phenols is 1. The van der Waals surface area contributed by atoms with E-state index >= 15 is 0 Å². The molecule has 228 valence electrons. The van der Waals surface area contributed by atoms with Gasteiger partial charge in [0.25, 0.3) is 11.8 Å². The van der Waals surface area contributed by atoms with Gasteiger partial charge in [0.1, 0.15) is 23.9 Å². The molecule has 45 heavy (non-hydrogen) atoms. The van der Waals surface area contributed by atoms with Gasteiger partial charge in [-0.25, -0.2) is 0 Å². The molecule has 3 atom stereocenters. The number of carbonyl (C=O) groups excluding carboxylic acids is 2. The molecule has 0 bridgehead atoms. The molecule has 9 heteroatoms. The minimum absolute atomic E-state index is 0.0701. The van der Waals surface area contributed by atoms with Crippen molar-refractivity contribution in [2.75, 3.05) is 12.5 Å². The molecule has 2 N–H and O–H groups in total. The Morgan fingerprint density at radius 1 is 1.00 bits per heavy atom. The van der Waals surface area contributed by atoms with Gasteiger partial charge in [0.05, 0.1) is 29.2 Å². The molecule has 7 nitrogen and oxygen atoms in total. The van der Waals surface area contributed by atoms with Crippen LogP contribution in [0.2, 0.25) is 10.0 Å². The highest BCUT2D eigenvalue weighted by Gasteiger charge is 2.66. The Kier molecular flexibility index (Phi) is 8.32. The Labute approximate surface area is 271 Å². The summed E-state index contributed by atoms with van der Waals surface area (Å²) in [5.41, 5.74) is 4.61. The number of rotatable bonds is 9. The SMILES string of the molecule is C=CC1=CCC2C(=O)N(Nc3ccc(Cl)cc3Cl)C(=O)C2(c2ccc(OC)cc2)C1c1ccc(OCc2ccccc2)cc1O. The lowest BCUT2D eigenvalue weighted by Gasteiger charge is -2.43. The zero-order valence-electron chi connectivity index (χ0n) is 24.4. The van der Waals surface area contributed by atoms with Crippen molar-refractivity contribution < 1.29 is 24.2 Å². The smallest absolute Gasteiger partial charge is 0.260 e. The van der Waals surface area contributed by atoms with Crippen LogP contribution in [-0.4, -0.2) is 29.0 Å². The first-order valence-corrected chi connectivity index (χ1v) is 15.1. The summed E-state index contributed by atoms with van der Waals surface area (Å²) < 4.78 is 11.4. The van der Waals surface area contributed by atoms with Crippen LogP contribution in [0.3, 0.4) is 0 Å². The lowest BCUT2D eigenvalue weighted by molar-refractivity contribution is -0.138. The molecule has 0 radical (unpaired) electrons. The van der Waals surface area contributed by atoms with Crippen LogP contribution < -0.4 is 14.9 Å². The number of imide groups is 1. The minimum Gasteiger partial charge on any atom is -0.508 e. The number of aromatic hydroxyl groups is 1. The molecular weight excluding hydrogens is 611 g/mol. The molecule has 2 aliphatic rings. The summed E-state index contributed by atoms with van der Waals surface area (Å²) in [5, 5.41) is 13.2. The standard InChI is InChI=1S/C36H30Cl2N2O5/c1-3-23-9-17-29-34(42)40(39-31-18-12-25(37)19-30(31)38)35(43)36(29,24-10-13-26(44-2)14-11-24)33(23)28-16-15-27(20-32(28)41)45-21-22-7-5-4-6-8-22/h3-16,18-20,29,33,39,41H,1,17,21H2,2H3. The van der Waals surface area contributed by atoms with E-state index in [-0.39, 0.29) is 17.2 Å². The highest BCUT2D eigenvalue weighted by atomic mass is 35.5. The van der Waals surface area contributed by atoms with Crippen molar-refractivity contribution in [3.63, 3.8) is 0 Å². The number of benzene rings is 4. The third-order valence-corrected chi connectivity index (χ3v) is 9.08. The van der Waals surface area contributed by atoms with Gasteiger partial charge >= 0.3 is 0 Å². The lowest BCUT2D eigenvalue weighted by Crippen LogP contribution is -2.48. The van der Waals surface area contributed by atoms with Gasteiger partial charge < -0.3 is 14.6 Å². The van der Waals surface area contributed by atoms with Crippen LogP contribution >= 0.6 is 23.2 Å². The average Bonchev–Trinajstić information content (AvgIpc) is 3.27. The van der Waals surface area contributed by atoms with Gasteiger partial charge in [0.2, 0.25) is 0 Å². The van der Waals surface area contributed by atoms with Crippen molar-refractivity contribution in [3.8, 4) is 17.2 Å². The molecule has 6 rings (SSSR count). The van der Waals surface area contributed by atoms with Gasteiger partial charge in [-0.05, 0) is 59.5 Å². The molecule has 0 spiro atoms. The fourth-order valence-corrected chi connectivity index (χ4v) is 6.87. The third kappa shape index (κ3) is 5.32. The lowest BCUT2D eigenvalue weighted by atomic mass is 9.56. The number of phenolic OH excluding ortho intramolecular Hbond substituents is 1. The number of ether oxygens (including phenoxy) is 2. The van der Waals surface area contributed by atoms with E-state index in [1.807, 2.05) is 36.4 Å². The maximum atomic E-state index is 14.9. The Morgan fingerprint density at radius 2 is 1.73 bits per heavy atom. The molecule has 3 unspecified atom stereocenters. The predicted molar refractivity (Wildman–Crippen MR) is 175 cm³/mol. The van der Waals surface area contributed by atoms with Crippen LogP contribution in [0.5, 0.6) is 17.2 Å². The molecule has 1 aliphatic heterocycles. The fraction of sp³-hybridized carbons (Fsp3) is 0.167. The number of nitrogens with zero attached hydrogens (tertiary/aromatic N) is 1. The van der Waals surface area contributed by atoms with Crippen molar-refractivity contribution in [1.82, 2.24) is 5.01 Å². The Balaban J connectivity index is 1.47. The summed E-state index contributed by atoms with van der Waals surface area (Å²) >= 11 is 12.5. The summed E-state index contributed by atoms with van der Waals surface area (Å²) in [6.07, 6.45) is 3.86. The maximum absolute atomic E-state index is 14.9. The topological polar surface area (TPSA) is 88.1 Å². The van der Waals surface area contributed by atoms with Crippen LogP contribution in [0.1, 0.15) is 29.0 Å². The second-order valence-electron chi connectivity index (χ2n) is 10.9. The van der Waals surface area contributed by atoms with E-state index in [2.05, 4.69) is 12.0 Å². The average molecular weight is 642 g/mol. The van der Waals surface area contributed by atoms with Crippen molar-refractivity contribution in [1.29, 1.82) is 0 Å². The molecule has 0 saturated carbocycles. The molecule has 1 saturated heterocycles. The second-order valence-corrected chi connectivity index (χ2v) is 11.8. The number of anilines is 1. The monoisotopic (exact) mass is 640 g/mol. The number of methoxy groups -OCH3 is 1. The van der Waals surface area contributed by atoms with Gasteiger partial charge in [0, 0.05) is 22.6 Å². The predicted octanol–water partition coefficient (Wildman–Crippen LogP) is 7.84. The van der Waals surface area contributed by atoms with Crippen LogP contribution in [0.4, 0.5) is 5.69 Å². The maximum Gasteiger partial charge on any atom is 0.260 e. The van der Waals surface area contributed by atoms with E-state index in [1.165, 1.54) is 12.1 Å². The number of fused-ring (bicyclic) bond motifs is 1. The number of amides is 2. The molecule has 1 heterocycles. The number of allylic oxidation sites excluding steroid dienone is 3. The van der Waals surface area contributed by atoms with E-state index < -0.39 is 29.1 Å².